The first-order valence-electron chi connectivity index (χ1n) is 10.4. The van der Waals surface area contributed by atoms with Crippen molar-refractivity contribution in [3.05, 3.63) is 70.6 Å². The quantitative estimate of drug-likeness (QED) is 0.469. The van der Waals surface area contributed by atoms with Gasteiger partial charge in [-0.15, -0.1) is 11.3 Å². The van der Waals surface area contributed by atoms with Gasteiger partial charge in [0.15, 0.2) is 0 Å². The third-order valence-electron chi connectivity index (χ3n) is 4.85. The zero-order valence-electron chi connectivity index (χ0n) is 18.8. The summed E-state index contributed by atoms with van der Waals surface area (Å²) < 4.78 is 10.5. The highest BCUT2D eigenvalue weighted by molar-refractivity contribution is 7.15. The molecule has 0 radical (unpaired) electrons. The highest BCUT2D eigenvalue weighted by Crippen LogP contribution is 2.36. The largest absolute Gasteiger partial charge is 0.497 e. The zero-order chi connectivity index (χ0) is 23.8. The van der Waals surface area contributed by atoms with Crippen LogP contribution in [-0.2, 0) is 16.1 Å². The van der Waals surface area contributed by atoms with Crippen LogP contribution in [0.4, 0.5) is 5.00 Å². The second-order valence-electron chi connectivity index (χ2n) is 7.34. The molecule has 0 aliphatic heterocycles. The van der Waals surface area contributed by atoms with Gasteiger partial charge in [0.2, 0.25) is 5.91 Å². The Labute approximate surface area is 197 Å². The van der Waals surface area contributed by atoms with Crippen LogP contribution in [0.3, 0.4) is 0 Å². The Morgan fingerprint density at radius 2 is 1.94 bits per heavy atom. The van der Waals surface area contributed by atoms with E-state index in [1.54, 1.807) is 26.2 Å². The lowest BCUT2D eigenvalue weighted by Gasteiger charge is -2.16. The Balaban J connectivity index is 1.76. The van der Waals surface area contributed by atoms with E-state index in [9.17, 15) is 9.59 Å². The summed E-state index contributed by atoms with van der Waals surface area (Å²) in [6.07, 6.45) is 0. The number of carbonyl (C=O) groups excluding carboxylic acids is 2. The van der Waals surface area contributed by atoms with Crippen LogP contribution in [0.1, 0.15) is 28.4 Å². The van der Waals surface area contributed by atoms with E-state index >= 15 is 0 Å². The normalized spacial score (nSPS) is 10.5. The molecule has 33 heavy (non-hydrogen) atoms. The Morgan fingerprint density at radius 1 is 1.18 bits per heavy atom. The predicted molar refractivity (Wildman–Crippen MR) is 128 cm³/mol. The van der Waals surface area contributed by atoms with E-state index in [4.69, 9.17) is 14.7 Å². The summed E-state index contributed by atoms with van der Waals surface area (Å²) in [6, 6.07) is 16.7. The molecule has 0 saturated heterocycles. The number of rotatable bonds is 9. The van der Waals surface area contributed by atoms with E-state index in [1.807, 2.05) is 53.7 Å². The molecule has 0 saturated carbocycles. The number of likely N-dealkylation sites (N-methyl/N-ethyl adjacent to an activating group) is 1. The molecule has 0 aliphatic rings. The van der Waals surface area contributed by atoms with Crippen LogP contribution in [0.15, 0.2) is 53.9 Å². The topological polar surface area (TPSA) is 91.7 Å². The maximum absolute atomic E-state index is 12.7. The first-order chi connectivity index (χ1) is 15.9. The van der Waals surface area contributed by atoms with Crippen molar-refractivity contribution in [1.82, 2.24) is 4.90 Å². The second-order valence-corrected chi connectivity index (χ2v) is 8.21. The minimum atomic E-state index is -0.485. The lowest BCUT2D eigenvalue weighted by atomic mass is 10.0. The molecular weight excluding hydrogens is 438 g/mol. The molecule has 3 rings (SSSR count). The number of carbonyl (C=O) groups is 2. The standard InChI is InChI=1S/C25H25N3O4S/c1-4-32-25(30)23-21(19-8-10-20(31-3)11-9-19)16-33-24(23)27-22(29)15-28(2)14-18-7-5-6-17(12-18)13-26/h5-12,16H,4,14-15H2,1-3H3,(H,27,29). The summed E-state index contributed by atoms with van der Waals surface area (Å²) in [5, 5.41) is 14.2. The lowest BCUT2D eigenvalue weighted by Crippen LogP contribution is -2.30. The number of nitrogens with zero attached hydrogens (tertiary/aromatic N) is 2. The lowest BCUT2D eigenvalue weighted by molar-refractivity contribution is -0.117. The van der Waals surface area contributed by atoms with Gasteiger partial charge in [-0.1, -0.05) is 24.3 Å². The van der Waals surface area contributed by atoms with Crippen LogP contribution in [0.2, 0.25) is 0 Å². The maximum Gasteiger partial charge on any atom is 0.341 e. The van der Waals surface area contributed by atoms with E-state index in [0.29, 0.717) is 34.0 Å². The first kappa shape index (κ1) is 24.0. The predicted octanol–water partition coefficient (Wildman–Crippen LogP) is 4.54. The molecule has 0 spiro atoms. The van der Waals surface area contributed by atoms with E-state index < -0.39 is 5.97 Å². The molecule has 8 heteroatoms. The molecule has 0 atom stereocenters. The van der Waals surface area contributed by atoms with Gasteiger partial charge in [0.05, 0.1) is 31.9 Å². The monoisotopic (exact) mass is 463 g/mol. The van der Waals surface area contributed by atoms with Gasteiger partial charge in [-0.05, 0) is 49.4 Å². The SMILES string of the molecule is CCOC(=O)c1c(-c2ccc(OC)cc2)csc1NC(=O)CN(C)Cc1cccc(C#N)c1. The number of hydrogen-bond acceptors (Lipinski definition) is 7. The summed E-state index contributed by atoms with van der Waals surface area (Å²) in [6.45, 7) is 2.60. The number of benzene rings is 2. The molecule has 1 aromatic heterocycles. The average molecular weight is 464 g/mol. The molecule has 2 aromatic carbocycles. The van der Waals surface area contributed by atoms with Crippen LogP contribution in [0.25, 0.3) is 11.1 Å². The summed E-state index contributed by atoms with van der Waals surface area (Å²) in [4.78, 5) is 27.3. The van der Waals surface area contributed by atoms with Crippen molar-refractivity contribution >= 4 is 28.2 Å². The molecule has 7 nitrogen and oxygen atoms in total. The van der Waals surface area contributed by atoms with Gasteiger partial charge in [0.1, 0.15) is 16.3 Å². The van der Waals surface area contributed by atoms with Crippen molar-refractivity contribution in [2.45, 2.75) is 13.5 Å². The van der Waals surface area contributed by atoms with Gasteiger partial charge >= 0.3 is 5.97 Å². The van der Waals surface area contributed by atoms with Crippen molar-refractivity contribution in [2.75, 3.05) is 32.6 Å². The third kappa shape index (κ3) is 6.19. The molecule has 0 unspecified atom stereocenters. The Hall–Kier alpha value is -3.67. The van der Waals surface area contributed by atoms with Gasteiger partial charge in [0, 0.05) is 17.5 Å². The number of amides is 1. The Kier molecular flexibility index (Phi) is 8.19. The fourth-order valence-electron chi connectivity index (χ4n) is 3.36. The van der Waals surface area contributed by atoms with Crippen LogP contribution < -0.4 is 10.1 Å². The van der Waals surface area contributed by atoms with E-state index in [-0.39, 0.29) is 19.1 Å². The van der Waals surface area contributed by atoms with Gasteiger partial charge < -0.3 is 14.8 Å². The molecule has 0 bridgehead atoms. The number of ether oxygens (including phenoxy) is 2. The third-order valence-corrected chi connectivity index (χ3v) is 5.74. The highest BCUT2D eigenvalue weighted by Gasteiger charge is 2.23. The molecule has 0 fully saturated rings. The minimum Gasteiger partial charge on any atom is -0.497 e. The minimum absolute atomic E-state index is 0.120. The van der Waals surface area contributed by atoms with Crippen LogP contribution in [0.5, 0.6) is 5.75 Å². The Bertz CT molecular complexity index is 1170. The number of methoxy groups -OCH3 is 1. The number of hydrogen-bond donors (Lipinski definition) is 1. The molecule has 1 N–H and O–H groups in total. The molecule has 3 aromatic rings. The van der Waals surface area contributed by atoms with E-state index in [1.165, 1.54) is 11.3 Å². The zero-order valence-corrected chi connectivity index (χ0v) is 19.6. The van der Waals surface area contributed by atoms with E-state index in [2.05, 4.69) is 11.4 Å². The molecule has 1 heterocycles. The number of anilines is 1. The van der Waals surface area contributed by atoms with Crippen LogP contribution in [0, 0.1) is 11.3 Å². The van der Waals surface area contributed by atoms with Gasteiger partial charge in [-0.2, -0.15) is 5.26 Å². The van der Waals surface area contributed by atoms with Gasteiger partial charge in [-0.3, -0.25) is 9.69 Å². The van der Waals surface area contributed by atoms with Crippen LogP contribution >= 0.6 is 11.3 Å². The van der Waals surface area contributed by atoms with Crippen molar-refractivity contribution in [2.24, 2.45) is 0 Å². The fourth-order valence-corrected chi connectivity index (χ4v) is 4.33. The van der Waals surface area contributed by atoms with Crippen molar-refractivity contribution in [3.63, 3.8) is 0 Å². The summed E-state index contributed by atoms with van der Waals surface area (Å²) in [5.74, 6) is -0.0207. The number of thiophene rings is 1. The number of esters is 1. The summed E-state index contributed by atoms with van der Waals surface area (Å²) in [5.41, 5.74) is 3.37. The second kappa shape index (κ2) is 11.3. The number of nitrogens with one attached hydrogen (secondary N) is 1. The van der Waals surface area contributed by atoms with Crippen molar-refractivity contribution in [1.29, 1.82) is 5.26 Å². The number of nitriles is 1. The summed E-state index contributed by atoms with van der Waals surface area (Å²) >= 11 is 1.28. The van der Waals surface area contributed by atoms with Crippen molar-refractivity contribution < 1.29 is 19.1 Å². The molecule has 0 aliphatic carbocycles. The average Bonchev–Trinajstić information content (AvgIpc) is 3.22. The highest BCUT2D eigenvalue weighted by atomic mass is 32.1. The maximum atomic E-state index is 12.7. The van der Waals surface area contributed by atoms with Crippen LogP contribution in [-0.4, -0.2) is 44.1 Å². The molecule has 1 amide bonds. The van der Waals surface area contributed by atoms with Gasteiger partial charge in [0.25, 0.3) is 0 Å². The molecule has 170 valence electrons. The first-order valence-corrected chi connectivity index (χ1v) is 11.2. The fraction of sp³-hybridized carbons (Fsp3) is 0.240. The van der Waals surface area contributed by atoms with Gasteiger partial charge in [-0.25, -0.2) is 4.79 Å². The van der Waals surface area contributed by atoms with Crippen molar-refractivity contribution in [3.8, 4) is 22.9 Å². The smallest absolute Gasteiger partial charge is 0.341 e. The van der Waals surface area contributed by atoms with E-state index in [0.717, 1.165) is 11.1 Å². The Morgan fingerprint density at radius 3 is 2.61 bits per heavy atom. The summed E-state index contributed by atoms with van der Waals surface area (Å²) in [7, 11) is 3.41. The molecular formula is C25H25N3O4S.